The summed E-state index contributed by atoms with van der Waals surface area (Å²) >= 11 is 0. The first-order chi connectivity index (χ1) is 15.5. The number of carbonyl (C=O) groups is 1. The zero-order valence-electron chi connectivity index (χ0n) is 22.5. The van der Waals surface area contributed by atoms with Crippen LogP contribution in [0.15, 0.2) is 0 Å². The highest BCUT2D eigenvalue weighted by molar-refractivity contribution is 5.83. The van der Waals surface area contributed by atoms with Gasteiger partial charge in [-0.1, -0.05) is 58.3 Å². The molecule has 0 aromatic heterocycles. The van der Waals surface area contributed by atoms with E-state index in [0.29, 0.717) is 5.91 Å². The second-order valence-electron chi connectivity index (χ2n) is 12.1. The van der Waals surface area contributed by atoms with Gasteiger partial charge in [-0.25, -0.2) is 0 Å². The topological polar surface area (TPSA) is 29.1 Å². The van der Waals surface area contributed by atoms with Crippen molar-refractivity contribution in [3.63, 3.8) is 0 Å². The average Bonchev–Trinajstić information content (AvgIpc) is 2.77. The van der Waals surface area contributed by atoms with Crippen LogP contribution >= 0.6 is 0 Å². The Morgan fingerprint density at radius 2 is 1.21 bits per heavy atom. The van der Waals surface area contributed by atoms with Gasteiger partial charge < -0.3 is 26.8 Å². The van der Waals surface area contributed by atoms with E-state index in [1.54, 1.807) is 0 Å². The molecule has 0 aromatic rings. The van der Waals surface area contributed by atoms with Crippen molar-refractivity contribution in [1.29, 1.82) is 0 Å². The zero-order valence-corrected chi connectivity index (χ0v) is 24.1. The van der Waals surface area contributed by atoms with Gasteiger partial charge in [-0.3, -0.25) is 4.79 Å². The molecule has 4 aliphatic carbocycles. The SMILES string of the molecule is CCCCCCCCCCCC[N+](CC)(CC)C(C)NC(=O)C12CC3CC(CC(C3)C1)C2.[Br-]. The maximum atomic E-state index is 13.6. The molecule has 0 radical (unpaired) electrons. The van der Waals surface area contributed by atoms with E-state index in [-0.39, 0.29) is 28.6 Å². The van der Waals surface area contributed by atoms with Crippen molar-refractivity contribution in [2.45, 2.75) is 137 Å². The van der Waals surface area contributed by atoms with Crippen molar-refractivity contribution >= 4 is 5.91 Å². The van der Waals surface area contributed by atoms with Crippen LogP contribution in [0, 0.1) is 23.2 Å². The van der Waals surface area contributed by atoms with Crippen molar-refractivity contribution in [2.24, 2.45) is 23.2 Å². The number of nitrogens with zero attached hydrogens (tertiary/aromatic N) is 1. The quantitative estimate of drug-likeness (QED) is 0.179. The van der Waals surface area contributed by atoms with E-state index in [4.69, 9.17) is 0 Å². The third-order valence-electron chi connectivity index (χ3n) is 9.90. The predicted molar refractivity (Wildman–Crippen MR) is 136 cm³/mol. The van der Waals surface area contributed by atoms with E-state index in [1.165, 1.54) is 109 Å². The number of unbranched alkanes of at least 4 members (excludes halogenated alkanes) is 9. The zero-order chi connectivity index (χ0) is 23.0. The summed E-state index contributed by atoms with van der Waals surface area (Å²) in [5.74, 6) is 2.93. The molecule has 0 heterocycles. The molecule has 0 spiro atoms. The van der Waals surface area contributed by atoms with E-state index in [1.807, 2.05) is 0 Å². The summed E-state index contributed by atoms with van der Waals surface area (Å²) in [5, 5.41) is 3.60. The molecule has 0 aliphatic heterocycles. The minimum atomic E-state index is -0.0166. The minimum absolute atomic E-state index is 0. The van der Waals surface area contributed by atoms with Crippen LogP contribution in [0.3, 0.4) is 0 Å². The van der Waals surface area contributed by atoms with Gasteiger partial charge in [-0.15, -0.1) is 0 Å². The molecular formula is C29H55BrN2O. The highest BCUT2D eigenvalue weighted by atomic mass is 79.9. The molecule has 4 rings (SSSR count). The molecule has 4 fully saturated rings. The number of amides is 1. The number of hydrogen-bond acceptors (Lipinski definition) is 1. The van der Waals surface area contributed by atoms with Crippen LogP contribution in [-0.4, -0.2) is 36.2 Å². The van der Waals surface area contributed by atoms with Crippen LogP contribution in [0.25, 0.3) is 0 Å². The van der Waals surface area contributed by atoms with Gasteiger partial charge in [0.25, 0.3) is 0 Å². The third-order valence-corrected chi connectivity index (χ3v) is 9.90. The highest BCUT2D eigenvalue weighted by Gasteiger charge is 2.55. The molecule has 4 heteroatoms. The molecule has 1 N–H and O–H groups in total. The van der Waals surface area contributed by atoms with Crippen molar-refractivity contribution in [3.8, 4) is 0 Å². The largest absolute Gasteiger partial charge is 1.00 e. The number of quaternary nitrogens is 1. The van der Waals surface area contributed by atoms with Crippen LogP contribution in [0.5, 0.6) is 0 Å². The van der Waals surface area contributed by atoms with E-state index in [2.05, 4.69) is 33.0 Å². The fourth-order valence-corrected chi connectivity index (χ4v) is 8.06. The second-order valence-corrected chi connectivity index (χ2v) is 12.1. The standard InChI is InChI=1S/C29H54N2O.BrH/c1-5-8-9-10-11-12-13-14-15-16-17-31(6-2,7-3)24(4)30-28(32)29-21-25-18-26(22-29)20-27(19-25)23-29;/h24-27H,5-23H2,1-4H3;1H. The maximum Gasteiger partial charge on any atom is 0.230 e. The lowest BCUT2D eigenvalue weighted by atomic mass is 9.49. The molecule has 4 saturated carbocycles. The summed E-state index contributed by atoms with van der Waals surface area (Å²) < 4.78 is 1.05. The van der Waals surface area contributed by atoms with Crippen LogP contribution < -0.4 is 22.3 Å². The minimum Gasteiger partial charge on any atom is -1.00 e. The monoisotopic (exact) mass is 526 g/mol. The Bertz CT molecular complexity index is 539. The fraction of sp³-hybridized carbons (Fsp3) is 0.966. The molecule has 1 amide bonds. The Kier molecular flexibility index (Phi) is 12.2. The molecule has 0 saturated heterocycles. The van der Waals surface area contributed by atoms with Crippen molar-refractivity contribution in [1.82, 2.24) is 5.32 Å². The smallest absolute Gasteiger partial charge is 0.230 e. The van der Waals surface area contributed by atoms with Crippen LogP contribution in [0.4, 0.5) is 0 Å². The second kappa shape index (κ2) is 13.9. The number of halogens is 1. The molecule has 1 atom stereocenters. The van der Waals surface area contributed by atoms with Crippen molar-refractivity contribution < 1.29 is 26.3 Å². The van der Waals surface area contributed by atoms with Crippen molar-refractivity contribution in [3.05, 3.63) is 0 Å². The van der Waals surface area contributed by atoms with E-state index < -0.39 is 0 Å². The van der Waals surface area contributed by atoms with Gasteiger partial charge >= 0.3 is 0 Å². The number of nitrogens with one attached hydrogen (secondary N) is 1. The molecular weight excluding hydrogens is 472 g/mol. The Morgan fingerprint density at radius 1 is 0.788 bits per heavy atom. The first-order valence-electron chi connectivity index (χ1n) is 14.6. The van der Waals surface area contributed by atoms with E-state index in [0.717, 1.165) is 35.3 Å². The normalized spacial score (nSPS) is 29.0. The third kappa shape index (κ3) is 7.45. The fourth-order valence-electron chi connectivity index (χ4n) is 8.06. The van der Waals surface area contributed by atoms with Gasteiger partial charge in [-0.05, 0) is 83.0 Å². The Morgan fingerprint density at radius 3 is 1.64 bits per heavy atom. The Hall–Kier alpha value is -0.0900. The lowest BCUT2D eigenvalue weighted by Crippen LogP contribution is -3.00. The molecule has 1 unspecified atom stereocenters. The highest BCUT2D eigenvalue weighted by Crippen LogP contribution is 2.60. The van der Waals surface area contributed by atoms with Gasteiger partial charge in [-0.2, -0.15) is 0 Å². The first kappa shape index (κ1) is 29.1. The lowest BCUT2D eigenvalue weighted by Gasteiger charge is -2.56. The van der Waals surface area contributed by atoms with Gasteiger partial charge in [0.15, 0.2) is 6.17 Å². The van der Waals surface area contributed by atoms with Gasteiger partial charge in [0.05, 0.1) is 25.0 Å². The van der Waals surface area contributed by atoms with E-state index >= 15 is 0 Å². The predicted octanol–water partition coefficient (Wildman–Crippen LogP) is 4.45. The summed E-state index contributed by atoms with van der Waals surface area (Å²) in [6.45, 7) is 12.7. The molecule has 4 aliphatic rings. The number of carbonyl (C=O) groups excluding carboxylic acids is 1. The number of rotatable bonds is 16. The summed E-state index contributed by atoms with van der Waals surface area (Å²) in [5.41, 5.74) is -0.0166. The Balaban J connectivity index is 0.00000385. The Labute approximate surface area is 216 Å². The number of hydrogen-bond donors (Lipinski definition) is 1. The lowest BCUT2D eigenvalue weighted by molar-refractivity contribution is -0.948. The summed E-state index contributed by atoms with van der Waals surface area (Å²) in [6, 6.07) is 0. The summed E-state index contributed by atoms with van der Waals surface area (Å²) in [4.78, 5) is 13.6. The first-order valence-corrected chi connectivity index (χ1v) is 14.6. The van der Waals surface area contributed by atoms with E-state index in [9.17, 15) is 4.79 Å². The molecule has 0 aromatic carbocycles. The van der Waals surface area contributed by atoms with Crippen LogP contribution in [-0.2, 0) is 4.79 Å². The summed E-state index contributed by atoms with van der Waals surface area (Å²) in [7, 11) is 0. The van der Waals surface area contributed by atoms with Gasteiger partial charge in [0.1, 0.15) is 0 Å². The molecule has 4 bridgehead atoms. The van der Waals surface area contributed by atoms with Crippen LogP contribution in [0.1, 0.15) is 130 Å². The maximum absolute atomic E-state index is 13.6. The average molecular weight is 528 g/mol. The molecule has 33 heavy (non-hydrogen) atoms. The van der Waals surface area contributed by atoms with Crippen molar-refractivity contribution in [2.75, 3.05) is 19.6 Å². The molecule has 194 valence electrons. The van der Waals surface area contributed by atoms with Gasteiger partial charge in [0.2, 0.25) is 5.91 Å². The summed E-state index contributed by atoms with van der Waals surface area (Å²) in [6.07, 6.45) is 21.9. The van der Waals surface area contributed by atoms with Gasteiger partial charge in [0, 0.05) is 6.92 Å². The molecule has 3 nitrogen and oxygen atoms in total. The van der Waals surface area contributed by atoms with Crippen LogP contribution in [0.2, 0.25) is 0 Å².